The minimum Gasteiger partial charge on any atom is -0.496 e. The zero-order valence-electron chi connectivity index (χ0n) is 18.2. The fourth-order valence-electron chi connectivity index (χ4n) is 2.92. The molecular formula is C21H23BrN2O6S2. The first-order chi connectivity index (χ1) is 15.1. The van der Waals surface area contributed by atoms with Gasteiger partial charge in [-0.1, -0.05) is 15.9 Å². The van der Waals surface area contributed by atoms with Crippen LogP contribution in [-0.4, -0.2) is 43.3 Å². The van der Waals surface area contributed by atoms with Gasteiger partial charge in [0.1, 0.15) is 15.6 Å². The number of hydrogen-bond donors (Lipinski definition) is 2. The number of carbonyl (C=O) groups is 3. The Hall–Kier alpha value is -2.50. The number of halogens is 1. The smallest absolute Gasteiger partial charge is 0.348 e. The largest absolute Gasteiger partial charge is 0.496 e. The number of thiophene rings is 1. The maximum atomic E-state index is 12.8. The summed E-state index contributed by atoms with van der Waals surface area (Å²) in [6.07, 6.45) is 0. The van der Waals surface area contributed by atoms with Gasteiger partial charge in [-0.2, -0.15) is 0 Å². The average Bonchev–Trinajstić information content (AvgIpc) is 3.03. The van der Waals surface area contributed by atoms with Crippen molar-refractivity contribution in [2.45, 2.75) is 27.7 Å². The highest BCUT2D eigenvalue weighted by Crippen LogP contribution is 2.34. The van der Waals surface area contributed by atoms with E-state index in [-0.39, 0.29) is 39.3 Å². The van der Waals surface area contributed by atoms with Gasteiger partial charge in [0.05, 0.1) is 31.5 Å². The fourth-order valence-corrected chi connectivity index (χ4v) is 4.84. The van der Waals surface area contributed by atoms with Gasteiger partial charge >= 0.3 is 11.9 Å². The molecule has 1 heterocycles. The Morgan fingerprint density at radius 3 is 2.31 bits per heavy atom. The van der Waals surface area contributed by atoms with Crippen LogP contribution in [0.5, 0.6) is 5.75 Å². The van der Waals surface area contributed by atoms with E-state index < -0.39 is 17.8 Å². The molecule has 0 fully saturated rings. The Kier molecular flexibility index (Phi) is 9.17. The lowest BCUT2D eigenvalue weighted by molar-refractivity contribution is 0.0527. The van der Waals surface area contributed by atoms with Crippen LogP contribution in [0.1, 0.15) is 55.4 Å². The number of aryl methyl sites for hydroxylation is 1. The summed E-state index contributed by atoms with van der Waals surface area (Å²) in [6, 6.07) is 3.44. The molecule has 1 amide bonds. The van der Waals surface area contributed by atoms with E-state index in [4.69, 9.17) is 26.4 Å². The molecule has 0 bridgehead atoms. The SMILES string of the molecule is CCOC(=O)c1sc(NC(=S)NC(=O)c2cc(Br)cc(C)c2OC)c(C(=O)OCC)c1C. The van der Waals surface area contributed by atoms with E-state index in [0.717, 1.165) is 16.9 Å². The van der Waals surface area contributed by atoms with Crippen molar-refractivity contribution < 1.29 is 28.6 Å². The lowest BCUT2D eigenvalue weighted by Gasteiger charge is -2.14. The van der Waals surface area contributed by atoms with E-state index in [0.29, 0.717) is 15.8 Å². The maximum absolute atomic E-state index is 12.8. The van der Waals surface area contributed by atoms with E-state index in [2.05, 4.69) is 26.6 Å². The standard InChI is InChI=1S/C21H23BrN2O6S2/c1-6-29-19(26)14-11(4)16(20(27)30-7-2)32-18(14)24-21(31)23-17(25)13-9-12(22)8-10(3)15(13)28-5/h8-9H,6-7H2,1-5H3,(H2,23,24,25,31). The molecule has 0 unspecified atom stereocenters. The maximum Gasteiger partial charge on any atom is 0.348 e. The van der Waals surface area contributed by atoms with E-state index >= 15 is 0 Å². The predicted octanol–water partition coefficient (Wildman–Crippen LogP) is 4.62. The zero-order chi connectivity index (χ0) is 24.0. The summed E-state index contributed by atoms with van der Waals surface area (Å²) >= 11 is 9.64. The van der Waals surface area contributed by atoms with Crippen molar-refractivity contribution >= 4 is 67.4 Å². The van der Waals surface area contributed by atoms with E-state index in [1.54, 1.807) is 26.8 Å². The topological polar surface area (TPSA) is 103 Å². The first-order valence-corrected chi connectivity index (χ1v) is 11.6. The molecule has 0 spiro atoms. The van der Waals surface area contributed by atoms with Crippen molar-refractivity contribution in [1.82, 2.24) is 5.32 Å². The number of thiocarbonyl (C=S) groups is 1. The van der Waals surface area contributed by atoms with Crippen LogP contribution in [-0.2, 0) is 9.47 Å². The summed E-state index contributed by atoms with van der Waals surface area (Å²) in [5.41, 5.74) is 1.62. The second-order valence-corrected chi connectivity index (χ2v) is 8.76. The van der Waals surface area contributed by atoms with E-state index in [1.165, 1.54) is 7.11 Å². The normalized spacial score (nSPS) is 10.3. The number of carbonyl (C=O) groups excluding carboxylic acids is 3. The molecule has 0 aliphatic carbocycles. The average molecular weight is 543 g/mol. The van der Waals surface area contributed by atoms with Crippen LogP contribution >= 0.6 is 39.5 Å². The predicted molar refractivity (Wildman–Crippen MR) is 130 cm³/mol. The molecule has 0 atom stereocenters. The number of anilines is 1. The van der Waals surface area contributed by atoms with Crippen LogP contribution in [0.2, 0.25) is 0 Å². The molecule has 0 radical (unpaired) electrons. The molecule has 172 valence electrons. The minimum atomic E-state index is -0.613. The molecule has 1 aromatic carbocycles. The lowest BCUT2D eigenvalue weighted by Crippen LogP contribution is -2.34. The third-order valence-electron chi connectivity index (χ3n) is 4.23. The number of amides is 1. The lowest BCUT2D eigenvalue weighted by atomic mass is 10.1. The van der Waals surface area contributed by atoms with Gasteiger partial charge in [0.25, 0.3) is 5.91 Å². The fraction of sp³-hybridized carbons (Fsp3) is 0.333. The van der Waals surface area contributed by atoms with Gasteiger partial charge in [0, 0.05) is 4.47 Å². The molecule has 2 rings (SSSR count). The molecule has 0 aliphatic rings. The molecule has 11 heteroatoms. The van der Waals surface area contributed by atoms with Crippen LogP contribution < -0.4 is 15.4 Å². The minimum absolute atomic E-state index is 0.0584. The van der Waals surface area contributed by atoms with Crippen molar-refractivity contribution in [3.8, 4) is 5.75 Å². The van der Waals surface area contributed by atoms with Crippen LogP contribution in [0.3, 0.4) is 0 Å². The Balaban J connectivity index is 2.33. The Morgan fingerprint density at radius 2 is 1.72 bits per heavy atom. The second kappa shape index (κ2) is 11.4. The molecule has 0 aliphatic heterocycles. The third kappa shape index (κ3) is 5.84. The van der Waals surface area contributed by atoms with Gasteiger partial charge in [0.2, 0.25) is 0 Å². The molecule has 2 aromatic rings. The highest BCUT2D eigenvalue weighted by Gasteiger charge is 2.27. The second-order valence-electron chi connectivity index (χ2n) is 6.41. The van der Waals surface area contributed by atoms with Crippen molar-refractivity contribution in [1.29, 1.82) is 0 Å². The van der Waals surface area contributed by atoms with Crippen LogP contribution in [0.25, 0.3) is 0 Å². The van der Waals surface area contributed by atoms with Crippen molar-refractivity contribution in [2.75, 3.05) is 25.6 Å². The Morgan fingerprint density at radius 1 is 1.09 bits per heavy atom. The Labute approximate surface area is 203 Å². The van der Waals surface area contributed by atoms with Gasteiger partial charge in [-0.25, -0.2) is 9.59 Å². The monoisotopic (exact) mass is 542 g/mol. The zero-order valence-corrected chi connectivity index (χ0v) is 21.4. The van der Waals surface area contributed by atoms with Gasteiger partial charge < -0.3 is 19.5 Å². The number of esters is 2. The molecule has 0 saturated carbocycles. The van der Waals surface area contributed by atoms with Crippen molar-refractivity contribution in [3.05, 3.63) is 43.7 Å². The van der Waals surface area contributed by atoms with Crippen LogP contribution in [0, 0.1) is 13.8 Å². The van der Waals surface area contributed by atoms with Gasteiger partial charge in [0.15, 0.2) is 5.11 Å². The molecule has 1 aromatic heterocycles. The molecule has 0 saturated heterocycles. The van der Waals surface area contributed by atoms with Crippen molar-refractivity contribution in [2.24, 2.45) is 0 Å². The number of nitrogens with one attached hydrogen (secondary N) is 2. The first-order valence-electron chi connectivity index (χ1n) is 9.58. The number of hydrogen-bond acceptors (Lipinski definition) is 8. The summed E-state index contributed by atoms with van der Waals surface area (Å²) in [4.78, 5) is 37.8. The van der Waals surface area contributed by atoms with Crippen LogP contribution in [0.4, 0.5) is 5.00 Å². The third-order valence-corrected chi connectivity index (χ3v) is 6.08. The summed E-state index contributed by atoms with van der Waals surface area (Å²) in [6.45, 7) is 7.15. The van der Waals surface area contributed by atoms with Gasteiger partial charge in [-0.15, -0.1) is 11.3 Å². The molecule has 8 nitrogen and oxygen atoms in total. The molecular weight excluding hydrogens is 520 g/mol. The van der Waals surface area contributed by atoms with Crippen molar-refractivity contribution in [3.63, 3.8) is 0 Å². The van der Waals surface area contributed by atoms with E-state index in [9.17, 15) is 14.4 Å². The van der Waals surface area contributed by atoms with Crippen LogP contribution in [0.15, 0.2) is 16.6 Å². The Bertz CT molecular complexity index is 1070. The van der Waals surface area contributed by atoms with Gasteiger partial charge in [-0.3, -0.25) is 10.1 Å². The van der Waals surface area contributed by atoms with Gasteiger partial charge in [-0.05, 0) is 63.2 Å². The highest BCUT2D eigenvalue weighted by molar-refractivity contribution is 9.10. The van der Waals surface area contributed by atoms with E-state index in [1.807, 2.05) is 13.0 Å². The summed E-state index contributed by atoms with van der Waals surface area (Å²) in [5, 5.41) is 5.62. The summed E-state index contributed by atoms with van der Waals surface area (Å²) in [5.74, 6) is -1.26. The first kappa shape index (κ1) is 25.8. The summed E-state index contributed by atoms with van der Waals surface area (Å²) < 4.78 is 16.2. The highest BCUT2D eigenvalue weighted by atomic mass is 79.9. The summed E-state index contributed by atoms with van der Waals surface area (Å²) in [7, 11) is 1.47. The number of methoxy groups -OCH3 is 1. The molecule has 32 heavy (non-hydrogen) atoms. The number of ether oxygens (including phenoxy) is 3. The molecule has 2 N–H and O–H groups in total. The number of rotatable bonds is 7. The number of benzene rings is 1. The quantitative estimate of drug-likeness (QED) is 0.386.